The topological polar surface area (TPSA) is 101 Å². The fraction of sp³-hybridized carbons (Fsp3) is 0.571. The highest BCUT2D eigenvalue weighted by Crippen LogP contribution is 2.59. The van der Waals surface area contributed by atoms with Crippen molar-refractivity contribution in [3.63, 3.8) is 0 Å². The molecule has 2 N–H and O–H groups in total. The number of rotatable bonds is 5. The first-order valence-electron chi connectivity index (χ1n) is 13.5. The number of benzene rings is 1. The number of para-hydroxylation sites is 1. The van der Waals surface area contributed by atoms with E-state index in [0.717, 1.165) is 37.7 Å². The maximum absolute atomic E-state index is 12.8. The van der Waals surface area contributed by atoms with Crippen LogP contribution in [0.5, 0.6) is 5.75 Å². The summed E-state index contributed by atoms with van der Waals surface area (Å²) in [7, 11) is 0. The Kier molecular flexibility index (Phi) is 6.26. The summed E-state index contributed by atoms with van der Waals surface area (Å²) in [5, 5.41) is 15.5. The highest BCUT2D eigenvalue weighted by molar-refractivity contribution is 5.86. The summed E-state index contributed by atoms with van der Waals surface area (Å²) in [4.78, 5) is 36.8. The van der Waals surface area contributed by atoms with Crippen LogP contribution in [0.1, 0.15) is 51.0 Å². The van der Waals surface area contributed by atoms with Crippen LogP contribution in [-0.2, 0) is 25.6 Å². The first-order valence-corrected chi connectivity index (χ1v) is 13.5. The van der Waals surface area contributed by atoms with Gasteiger partial charge in [-0.1, -0.05) is 31.2 Å². The molecule has 0 aromatic heterocycles. The second-order valence-electron chi connectivity index (χ2n) is 11.1. The zero-order chi connectivity index (χ0) is 25.6. The largest absolute Gasteiger partial charge is 0.508 e. The lowest BCUT2D eigenvalue weighted by atomic mass is 9.61. The van der Waals surface area contributed by atoms with Gasteiger partial charge in [0.05, 0.1) is 24.3 Å². The van der Waals surface area contributed by atoms with Gasteiger partial charge in [-0.2, -0.15) is 0 Å². The number of hydrogen-bond acceptors (Lipinski definition) is 7. The Hall–Kier alpha value is -3.20. The van der Waals surface area contributed by atoms with Gasteiger partial charge < -0.3 is 20.0 Å². The fourth-order valence-electron chi connectivity index (χ4n) is 6.88. The van der Waals surface area contributed by atoms with Crippen LogP contribution in [0.25, 0.3) is 0 Å². The molecule has 5 aliphatic rings. The van der Waals surface area contributed by atoms with E-state index in [1.54, 1.807) is 23.3 Å². The molecule has 0 bridgehead atoms. The zero-order valence-electron chi connectivity index (χ0n) is 21.2. The smallest absolute Gasteiger partial charge is 0.432 e. The molecule has 3 heterocycles. The molecular weight excluding hydrogens is 474 g/mol. The van der Waals surface area contributed by atoms with Crippen LogP contribution in [-0.4, -0.2) is 59.1 Å². The first kappa shape index (κ1) is 24.2. The number of phenolic OH excluding ortho intramolecular Hbond substituents is 1. The monoisotopic (exact) mass is 509 g/mol. The minimum Gasteiger partial charge on any atom is -0.508 e. The lowest BCUT2D eigenvalue weighted by Gasteiger charge is -2.41. The molecule has 37 heavy (non-hydrogen) atoms. The number of aromatic hydroxyl groups is 1. The molecule has 198 valence electrons. The second kappa shape index (κ2) is 9.59. The molecule has 3 aliphatic heterocycles. The van der Waals surface area contributed by atoms with Crippen LogP contribution in [0.15, 0.2) is 47.9 Å². The van der Waals surface area contributed by atoms with Gasteiger partial charge >= 0.3 is 6.09 Å². The normalized spacial score (nSPS) is 32.5. The highest BCUT2D eigenvalue weighted by Gasteiger charge is 2.55. The molecular formula is C28H35N3O6. The number of hydroxylamine groups is 4. The molecule has 9 heteroatoms. The lowest BCUT2D eigenvalue weighted by Crippen LogP contribution is -2.45. The van der Waals surface area contributed by atoms with Crippen LogP contribution in [0.3, 0.4) is 0 Å². The Morgan fingerprint density at radius 1 is 1.27 bits per heavy atom. The fourth-order valence-corrected chi connectivity index (χ4v) is 6.88. The number of amides is 2. The van der Waals surface area contributed by atoms with Crippen molar-refractivity contribution in [2.75, 3.05) is 19.7 Å². The Balaban J connectivity index is 1.08. The predicted molar refractivity (Wildman–Crippen MR) is 133 cm³/mol. The number of allylic oxidation sites excluding steroid dienone is 1. The van der Waals surface area contributed by atoms with Crippen LogP contribution in [0, 0.1) is 17.3 Å². The number of hydrogen-bond donors (Lipinski definition) is 2. The van der Waals surface area contributed by atoms with Gasteiger partial charge in [0, 0.05) is 18.5 Å². The van der Waals surface area contributed by atoms with Crippen molar-refractivity contribution in [3.8, 4) is 5.75 Å². The highest BCUT2D eigenvalue weighted by atomic mass is 16.7. The number of carbonyl (C=O) groups is 2. The van der Waals surface area contributed by atoms with Gasteiger partial charge in [0.1, 0.15) is 24.5 Å². The van der Waals surface area contributed by atoms with Crippen molar-refractivity contribution < 1.29 is 29.1 Å². The van der Waals surface area contributed by atoms with Crippen LogP contribution >= 0.6 is 0 Å². The van der Waals surface area contributed by atoms with Crippen molar-refractivity contribution in [2.45, 2.75) is 64.0 Å². The third-order valence-electron chi connectivity index (χ3n) is 8.58. The van der Waals surface area contributed by atoms with E-state index in [2.05, 4.69) is 18.3 Å². The number of ether oxygens (including phenoxy) is 1. The van der Waals surface area contributed by atoms with E-state index in [1.165, 1.54) is 22.8 Å². The Bertz CT molecular complexity index is 1130. The van der Waals surface area contributed by atoms with Gasteiger partial charge in [-0.05, 0) is 61.6 Å². The molecule has 9 nitrogen and oxygen atoms in total. The molecule has 6 rings (SSSR count). The number of phenols is 1. The summed E-state index contributed by atoms with van der Waals surface area (Å²) in [5.74, 6) is 1.93. The zero-order valence-corrected chi connectivity index (χ0v) is 21.2. The van der Waals surface area contributed by atoms with Gasteiger partial charge in [0.25, 0.3) is 5.91 Å². The van der Waals surface area contributed by atoms with E-state index in [-0.39, 0.29) is 42.2 Å². The van der Waals surface area contributed by atoms with E-state index in [1.807, 2.05) is 12.3 Å². The molecule has 1 aromatic rings. The summed E-state index contributed by atoms with van der Waals surface area (Å²) < 4.78 is 6.48. The second-order valence-corrected chi connectivity index (χ2v) is 11.1. The molecule has 2 amide bonds. The van der Waals surface area contributed by atoms with Crippen molar-refractivity contribution in [3.05, 3.63) is 53.4 Å². The van der Waals surface area contributed by atoms with E-state index >= 15 is 0 Å². The molecule has 1 aromatic carbocycles. The van der Waals surface area contributed by atoms with Gasteiger partial charge in [-0.15, -0.1) is 0 Å². The molecule has 2 fully saturated rings. The minimum atomic E-state index is -0.813. The predicted octanol–water partition coefficient (Wildman–Crippen LogP) is 3.81. The van der Waals surface area contributed by atoms with E-state index in [4.69, 9.17) is 14.4 Å². The van der Waals surface area contributed by atoms with E-state index in [9.17, 15) is 14.7 Å². The van der Waals surface area contributed by atoms with Crippen molar-refractivity contribution in [2.24, 2.45) is 17.3 Å². The van der Waals surface area contributed by atoms with Crippen molar-refractivity contribution in [1.82, 2.24) is 15.4 Å². The maximum Gasteiger partial charge on any atom is 0.432 e. The molecule has 1 spiro atoms. The van der Waals surface area contributed by atoms with Gasteiger partial charge in [0.15, 0.2) is 0 Å². The van der Waals surface area contributed by atoms with Crippen LogP contribution in [0.4, 0.5) is 4.79 Å². The molecule has 2 aliphatic carbocycles. The van der Waals surface area contributed by atoms with Crippen LogP contribution < -0.4 is 5.32 Å². The Labute approximate surface area is 216 Å². The first-order chi connectivity index (χ1) is 17.9. The third kappa shape index (κ3) is 4.43. The molecule has 2 unspecified atom stereocenters. The van der Waals surface area contributed by atoms with Gasteiger partial charge in [-0.3, -0.25) is 9.63 Å². The lowest BCUT2D eigenvalue weighted by molar-refractivity contribution is -0.161. The Morgan fingerprint density at radius 3 is 3.00 bits per heavy atom. The number of carbonyl (C=O) groups excluding carboxylic acids is 2. The summed E-state index contributed by atoms with van der Waals surface area (Å²) in [5.41, 5.74) is 2.06. The molecule has 1 saturated carbocycles. The van der Waals surface area contributed by atoms with Gasteiger partial charge in [0.2, 0.25) is 0 Å². The SMILES string of the molecule is CC1CC[C@H]2OC3=C4[C@H](CCC3)CN(OC(=O)N[C@H]3CON(CCc5ccccc5O)C3=O)C=CC42C1. The van der Waals surface area contributed by atoms with Crippen LogP contribution in [0.2, 0.25) is 0 Å². The number of nitrogens with zero attached hydrogens (tertiary/aromatic N) is 2. The van der Waals surface area contributed by atoms with Crippen molar-refractivity contribution in [1.29, 1.82) is 0 Å². The summed E-state index contributed by atoms with van der Waals surface area (Å²) in [6.45, 7) is 3.22. The molecule has 1 saturated heterocycles. The van der Waals surface area contributed by atoms with E-state index in [0.29, 0.717) is 18.9 Å². The maximum atomic E-state index is 12.8. The van der Waals surface area contributed by atoms with Crippen molar-refractivity contribution >= 4 is 12.0 Å². The Morgan fingerprint density at radius 2 is 2.14 bits per heavy atom. The number of nitrogens with one attached hydrogen (secondary N) is 1. The summed E-state index contributed by atoms with van der Waals surface area (Å²) in [6.07, 6.45) is 10.5. The summed E-state index contributed by atoms with van der Waals surface area (Å²) in [6, 6.07) is 6.18. The third-order valence-corrected chi connectivity index (χ3v) is 8.58. The molecule has 5 atom stereocenters. The quantitative estimate of drug-likeness (QED) is 0.623. The summed E-state index contributed by atoms with van der Waals surface area (Å²) >= 11 is 0. The average Bonchev–Trinajstić information content (AvgIpc) is 3.34. The molecule has 0 radical (unpaired) electrons. The van der Waals surface area contributed by atoms with Gasteiger partial charge in [-0.25, -0.2) is 14.9 Å². The average molecular weight is 510 g/mol. The minimum absolute atomic E-state index is 0.0451. The standard InChI is InChI=1S/C28H35N3O6/c1-18-9-10-24-28(15-18)12-14-30(16-20-6-4-8-23(36-24)25(20)28)37-27(34)29-21-17-35-31(26(21)33)13-11-19-5-2-3-7-22(19)32/h2-3,5,7,12,14,18,20-21,24,32H,4,6,8-11,13,15-17H2,1H3,(H,29,34)/t18?,20-,21+,24-,28?/m1/s1. The van der Waals surface area contributed by atoms with E-state index < -0.39 is 12.1 Å².